The summed E-state index contributed by atoms with van der Waals surface area (Å²) in [6.07, 6.45) is 3.40. The molecule has 2 aromatic heterocycles. The Balaban J connectivity index is 0.00000112. The number of hydrogen-bond donors (Lipinski definition) is 1. The Morgan fingerprint density at radius 2 is 2.27 bits per heavy atom. The lowest BCUT2D eigenvalue weighted by molar-refractivity contribution is 0.746. The SMILES string of the molecule is CCCc1ncc2c(=O)[nH]c(C)nn12.Cl. The predicted molar refractivity (Wildman–Crippen MR) is 59.6 cm³/mol. The number of hydrogen-bond acceptors (Lipinski definition) is 3. The van der Waals surface area contributed by atoms with Crippen LogP contribution in [0.15, 0.2) is 11.0 Å². The zero-order valence-corrected chi connectivity index (χ0v) is 9.47. The average Bonchev–Trinajstić information content (AvgIpc) is 2.49. The van der Waals surface area contributed by atoms with Crippen LogP contribution in [-0.4, -0.2) is 19.6 Å². The summed E-state index contributed by atoms with van der Waals surface area (Å²) in [5.41, 5.74) is 0.381. The number of imidazole rings is 1. The standard InChI is InChI=1S/C9H12N4O.ClH/c1-3-4-8-10-5-7-9(14)11-6(2)12-13(7)8;/h5H,3-4H2,1-2H3,(H,11,12,14);1H. The van der Waals surface area contributed by atoms with Gasteiger partial charge in [-0.25, -0.2) is 9.50 Å². The van der Waals surface area contributed by atoms with Crippen LogP contribution in [0.25, 0.3) is 5.52 Å². The van der Waals surface area contributed by atoms with Crippen molar-refractivity contribution in [2.45, 2.75) is 26.7 Å². The number of aromatic nitrogens is 4. The van der Waals surface area contributed by atoms with Gasteiger partial charge in [-0.1, -0.05) is 6.92 Å². The summed E-state index contributed by atoms with van der Waals surface area (Å²) in [5, 5.41) is 4.21. The quantitative estimate of drug-likeness (QED) is 0.837. The van der Waals surface area contributed by atoms with E-state index in [4.69, 9.17) is 0 Å². The van der Waals surface area contributed by atoms with E-state index in [0.29, 0.717) is 11.3 Å². The first-order valence-electron chi connectivity index (χ1n) is 4.66. The van der Waals surface area contributed by atoms with Crippen LogP contribution in [0.2, 0.25) is 0 Å². The van der Waals surface area contributed by atoms with Crippen molar-refractivity contribution in [2.24, 2.45) is 0 Å². The van der Waals surface area contributed by atoms with Gasteiger partial charge in [0.25, 0.3) is 5.56 Å². The normalized spacial score (nSPS) is 10.3. The van der Waals surface area contributed by atoms with E-state index in [0.717, 1.165) is 18.7 Å². The number of aryl methyl sites for hydroxylation is 2. The van der Waals surface area contributed by atoms with Crippen molar-refractivity contribution in [3.8, 4) is 0 Å². The Hall–Kier alpha value is -1.36. The molecule has 2 aromatic rings. The minimum Gasteiger partial charge on any atom is -0.307 e. The average molecular weight is 229 g/mol. The van der Waals surface area contributed by atoms with Crippen LogP contribution in [0.4, 0.5) is 0 Å². The first-order chi connectivity index (χ1) is 6.72. The lowest BCUT2D eigenvalue weighted by Crippen LogP contribution is -2.14. The third-order valence-corrected chi connectivity index (χ3v) is 2.06. The summed E-state index contributed by atoms with van der Waals surface area (Å²) in [4.78, 5) is 18.3. The molecule has 0 saturated heterocycles. The Bertz CT molecular complexity index is 516. The van der Waals surface area contributed by atoms with Crippen LogP contribution in [0.5, 0.6) is 0 Å². The van der Waals surface area contributed by atoms with Crippen molar-refractivity contribution in [1.82, 2.24) is 19.6 Å². The second-order valence-corrected chi connectivity index (χ2v) is 3.26. The van der Waals surface area contributed by atoms with Crippen molar-refractivity contribution in [3.63, 3.8) is 0 Å². The van der Waals surface area contributed by atoms with Crippen LogP contribution >= 0.6 is 12.4 Å². The van der Waals surface area contributed by atoms with Gasteiger partial charge >= 0.3 is 0 Å². The highest BCUT2D eigenvalue weighted by Crippen LogP contribution is 2.02. The highest BCUT2D eigenvalue weighted by atomic mass is 35.5. The minimum absolute atomic E-state index is 0. The number of nitrogens with zero attached hydrogens (tertiary/aromatic N) is 3. The second kappa shape index (κ2) is 4.44. The van der Waals surface area contributed by atoms with Crippen LogP contribution in [0.3, 0.4) is 0 Å². The fourth-order valence-corrected chi connectivity index (χ4v) is 1.45. The number of halogens is 1. The van der Waals surface area contributed by atoms with Gasteiger partial charge in [0, 0.05) is 6.42 Å². The molecule has 0 radical (unpaired) electrons. The minimum atomic E-state index is -0.132. The van der Waals surface area contributed by atoms with E-state index in [1.165, 1.54) is 0 Å². The molecule has 82 valence electrons. The molecular weight excluding hydrogens is 216 g/mol. The molecule has 5 nitrogen and oxygen atoms in total. The zero-order chi connectivity index (χ0) is 10.1. The lowest BCUT2D eigenvalue weighted by atomic mass is 10.3. The molecule has 2 rings (SSSR count). The number of fused-ring (bicyclic) bond motifs is 1. The second-order valence-electron chi connectivity index (χ2n) is 3.26. The summed E-state index contributed by atoms with van der Waals surface area (Å²) in [7, 11) is 0. The molecule has 0 aromatic carbocycles. The van der Waals surface area contributed by atoms with Crippen LogP contribution in [0, 0.1) is 6.92 Å². The van der Waals surface area contributed by atoms with E-state index in [2.05, 4.69) is 22.0 Å². The van der Waals surface area contributed by atoms with Gasteiger partial charge in [0.1, 0.15) is 11.6 Å². The van der Waals surface area contributed by atoms with E-state index in [1.807, 2.05) is 0 Å². The summed E-state index contributed by atoms with van der Waals surface area (Å²) in [6, 6.07) is 0. The van der Waals surface area contributed by atoms with E-state index >= 15 is 0 Å². The van der Waals surface area contributed by atoms with Gasteiger partial charge in [-0.3, -0.25) is 4.79 Å². The van der Waals surface area contributed by atoms with Gasteiger partial charge in [-0.2, -0.15) is 5.10 Å². The Morgan fingerprint density at radius 3 is 2.93 bits per heavy atom. The fourth-order valence-electron chi connectivity index (χ4n) is 1.45. The van der Waals surface area contributed by atoms with Crippen molar-refractivity contribution in [1.29, 1.82) is 0 Å². The summed E-state index contributed by atoms with van der Waals surface area (Å²) in [6.45, 7) is 3.83. The van der Waals surface area contributed by atoms with Gasteiger partial charge in [0.15, 0.2) is 5.52 Å². The molecule has 0 fully saturated rings. The number of aromatic amines is 1. The number of H-pyrrole nitrogens is 1. The molecule has 1 N–H and O–H groups in total. The molecule has 0 aliphatic heterocycles. The van der Waals surface area contributed by atoms with Gasteiger partial charge in [-0.15, -0.1) is 12.4 Å². The molecule has 0 amide bonds. The van der Waals surface area contributed by atoms with E-state index in [-0.39, 0.29) is 18.0 Å². The van der Waals surface area contributed by atoms with Gasteiger partial charge in [-0.05, 0) is 13.3 Å². The molecule has 0 atom stereocenters. The first-order valence-corrected chi connectivity index (χ1v) is 4.66. The van der Waals surface area contributed by atoms with E-state index < -0.39 is 0 Å². The van der Waals surface area contributed by atoms with Crippen molar-refractivity contribution >= 4 is 17.9 Å². The fraction of sp³-hybridized carbons (Fsp3) is 0.444. The maximum atomic E-state index is 11.5. The molecule has 0 spiro atoms. The molecule has 0 saturated carbocycles. The monoisotopic (exact) mass is 228 g/mol. The molecule has 0 aliphatic rings. The van der Waals surface area contributed by atoms with Gasteiger partial charge in [0.05, 0.1) is 6.20 Å². The van der Waals surface area contributed by atoms with Crippen LogP contribution < -0.4 is 5.56 Å². The molecule has 15 heavy (non-hydrogen) atoms. The van der Waals surface area contributed by atoms with Gasteiger partial charge < -0.3 is 4.98 Å². The Kier molecular flexibility index (Phi) is 3.47. The Morgan fingerprint density at radius 1 is 1.53 bits per heavy atom. The maximum Gasteiger partial charge on any atom is 0.276 e. The number of nitrogens with one attached hydrogen (secondary N) is 1. The first kappa shape index (κ1) is 11.7. The highest BCUT2D eigenvalue weighted by molar-refractivity contribution is 5.85. The largest absolute Gasteiger partial charge is 0.307 e. The lowest BCUT2D eigenvalue weighted by Gasteiger charge is -1.98. The van der Waals surface area contributed by atoms with Crippen LogP contribution in [-0.2, 0) is 6.42 Å². The number of rotatable bonds is 2. The predicted octanol–water partition coefficient (Wildman–Crippen LogP) is 1.10. The van der Waals surface area contributed by atoms with Crippen molar-refractivity contribution < 1.29 is 0 Å². The van der Waals surface area contributed by atoms with Crippen LogP contribution in [0.1, 0.15) is 25.0 Å². The molecule has 2 heterocycles. The molecule has 0 unspecified atom stereocenters. The van der Waals surface area contributed by atoms with Crippen molar-refractivity contribution in [3.05, 3.63) is 28.2 Å². The smallest absolute Gasteiger partial charge is 0.276 e. The molecule has 0 bridgehead atoms. The van der Waals surface area contributed by atoms with Crippen molar-refractivity contribution in [2.75, 3.05) is 0 Å². The topological polar surface area (TPSA) is 63.0 Å². The third-order valence-electron chi connectivity index (χ3n) is 2.06. The van der Waals surface area contributed by atoms with E-state index in [9.17, 15) is 4.79 Å². The van der Waals surface area contributed by atoms with Gasteiger partial charge in [0.2, 0.25) is 0 Å². The maximum absolute atomic E-state index is 11.5. The molecule has 6 heteroatoms. The summed E-state index contributed by atoms with van der Waals surface area (Å²) < 4.78 is 1.62. The Labute approximate surface area is 93.0 Å². The summed E-state index contributed by atoms with van der Waals surface area (Å²) >= 11 is 0. The zero-order valence-electron chi connectivity index (χ0n) is 8.65. The summed E-state index contributed by atoms with van der Waals surface area (Å²) in [5.74, 6) is 1.45. The molecular formula is C9H13ClN4O. The highest BCUT2D eigenvalue weighted by Gasteiger charge is 2.06. The van der Waals surface area contributed by atoms with E-state index in [1.54, 1.807) is 17.6 Å². The molecule has 0 aliphatic carbocycles. The third kappa shape index (κ3) is 2.02.